The summed E-state index contributed by atoms with van der Waals surface area (Å²) >= 11 is 0. The molecule has 0 amide bonds. The predicted molar refractivity (Wildman–Crippen MR) is 88.1 cm³/mol. The Morgan fingerprint density at radius 2 is 1.85 bits per heavy atom. The minimum absolute atomic E-state index is 0.195. The Balaban J connectivity index is 1.90. The number of ether oxygens (including phenoxy) is 1. The molecule has 3 aromatic rings. The lowest BCUT2D eigenvalue weighted by atomic mass is 9.92. The van der Waals surface area contributed by atoms with Gasteiger partial charge in [0.2, 0.25) is 5.75 Å². The summed E-state index contributed by atoms with van der Waals surface area (Å²) < 4.78 is 43.6. The summed E-state index contributed by atoms with van der Waals surface area (Å²) in [4.78, 5) is 4.53. The molecule has 136 valence electrons. The molecule has 0 unspecified atom stereocenters. The Morgan fingerprint density at radius 3 is 2.50 bits per heavy atom. The van der Waals surface area contributed by atoms with Crippen molar-refractivity contribution in [2.75, 3.05) is 0 Å². The maximum atomic E-state index is 12.6. The number of aromatic nitrogens is 2. The van der Waals surface area contributed by atoms with Crippen LogP contribution in [0.4, 0.5) is 13.2 Å². The van der Waals surface area contributed by atoms with Gasteiger partial charge in [-0.1, -0.05) is 12.1 Å². The van der Waals surface area contributed by atoms with Gasteiger partial charge in [0, 0.05) is 11.6 Å². The molecule has 0 spiro atoms. The quantitative estimate of drug-likeness (QED) is 0.659. The lowest BCUT2D eigenvalue weighted by molar-refractivity contribution is -0.275. The number of imidazole rings is 1. The third kappa shape index (κ3) is 2.81. The zero-order chi connectivity index (χ0) is 18.5. The highest BCUT2D eigenvalue weighted by molar-refractivity contribution is 5.82. The Hall–Kier alpha value is -2.90. The van der Waals surface area contributed by atoms with Crippen LogP contribution in [-0.4, -0.2) is 26.1 Å². The Morgan fingerprint density at radius 1 is 1.12 bits per heavy atom. The molecule has 0 saturated heterocycles. The molecule has 1 aromatic heterocycles. The first-order chi connectivity index (χ1) is 12.3. The van der Waals surface area contributed by atoms with E-state index in [-0.39, 0.29) is 11.6 Å². The summed E-state index contributed by atoms with van der Waals surface area (Å²) in [5, 5.41) is 19.6. The molecule has 1 aliphatic carbocycles. The van der Waals surface area contributed by atoms with E-state index in [1.165, 1.54) is 6.07 Å². The summed E-state index contributed by atoms with van der Waals surface area (Å²) in [5.74, 6) is -2.09. The number of hydrogen-bond donors (Lipinski definition) is 2. The van der Waals surface area contributed by atoms with Crippen LogP contribution in [0.5, 0.6) is 17.2 Å². The van der Waals surface area contributed by atoms with Crippen molar-refractivity contribution in [1.29, 1.82) is 0 Å². The molecule has 26 heavy (non-hydrogen) atoms. The molecule has 0 aliphatic heterocycles. The van der Waals surface area contributed by atoms with Gasteiger partial charge in [0.05, 0.1) is 11.0 Å². The van der Waals surface area contributed by atoms with Crippen LogP contribution in [0.1, 0.15) is 25.3 Å². The summed E-state index contributed by atoms with van der Waals surface area (Å²) in [7, 11) is 0. The molecule has 5 nitrogen and oxygen atoms in total. The third-order valence-electron chi connectivity index (χ3n) is 4.57. The van der Waals surface area contributed by atoms with Gasteiger partial charge < -0.3 is 19.5 Å². The van der Waals surface area contributed by atoms with Gasteiger partial charge in [-0.15, -0.1) is 13.2 Å². The van der Waals surface area contributed by atoms with Gasteiger partial charge >= 0.3 is 6.36 Å². The van der Waals surface area contributed by atoms with Crippen molar-refractivity contribution in [2.24, 2.45) is 0 Å². The molecule has 1 heterocycles. The van der Waals surface area contributed by atoms with Crippen LogP contribution in [0, 0.1) is 0 Å². The highest BCUT2D eigenvalue weighted by Gasteiger charge is 2.34. The lowest BCUT2D eigenvalue weighted by Crippen LogP contribution is -2.18. The zero-order valence-corrected chi connectivity index (χ0v) is 13.5. The van der Waals surface area contributed by atoms with Crippen LogP contribution >= 0.6 is 0 Å². The highest BCUT2D eigenvalue weighted by atomic mass is 19.4. The van der Waals surface area contributed by atoms with E-state index in [1.54, 1.807) is 0 Å². The Bertz CT molecular complexity index is 978. The van der Waals surface area contributed by atoms with E-state index in [1.807, 2.05) is 28.8 Å². The molecule has 4 rings (SSSR count). The van der Waals surface area contributed by atoms with E-state index in [0.717, 1.165) is 30.8 Å². The van der Waals surface area contributed by atoms with Crippen LogP contribution in [0.15, 0.2) is 36.4 Å². The standard InChI is InChI=1S/C18H15F3N2O3/c19-18(20,21)26-15-9-10(8-14(24)16(15)25)17-22-12-6-1-2-7-13(12)23(17)11-4-3-5-11/h1-2,6-9,11,24-25H,3-5H2. The van der Waals surface area contributed by atoms with Gasteiger partial charge in [0.1, 0.15) is 5.82 Å². The van der Waals surface area contributed by atoms with Crippen molar-refractivity contribution < 1.29 is 28.1 Å². The zero-order valence-electron chi connectivity index (χ0n) is 13.5. The number of halogens is 3. The van der Waals surface area contributed by atoms with Crippen molar-refractivity contribution in [3.8, 4) is 28.6 Å². The van der Waals surface area contributed by atoms with Gasteiger partial charge in [0.25, 0.3) is 0 Å². The average molecular weight is 364 g/mol. The minimum atomic E-state index is -4.99. The third-order valence-corrected chi connectivity index (χ3v) is 4.57. The fourth-order valence-electron chi connectivity index (χ4n) is 3.19. The normalized spacial score (nSPS) is 15.2. The largest absolute Gasteiger partial charge is 0.573 e. The molecule has 1 fully saturated rings. The van der Waals surface area contributed by atoms with Crippen LogP contribution in [-0.2, 0) is 0 Å². The number of aromatic hydroxyl groups is 2. The lowest BCUT2D eigenvalue weighted by Gasteiger charge is -2.29. The summed E-state index contributed by atoms with van der Waals surface area (Å²) in [5.41, 5.74) is 1.82. The number of phenolic OH excluding ortho intramolecular Hbond substituents is 2. The summed E-state index contributed by atoms with van der Waals surface area (Å²) in [6.45, 7) is 0. The van der Waals surface area contributed by atoms with E-state index < -0.39 is 23.6 Å². The average Bonchev–Trinajstić information content (AvgIpc) is 2.88. The predicted octanol–water partition coefficient (Wildman–Crippen LogP) is 4.74. The summed E-state index contributed by atoms with van der Waals surface area (Å²) in [6.07, 6.45) is -2.02. The highest BCUT2D eigenvalue weighted by Crippen LogP contribution is 2.44. The van der Waals surface area contributed by atoms with Crippen molar-refractivity contribution in [2.45, 2.75) is 31.7 Å². The second-order valence-corrected chi connectivity index (χ2v) is 6.27. The second kappa shape index (κ2) is 5.82. The van der Waals surface area contributed by atoms with Gasteiger partial charge in [-0.3, -0.25) is 0 Å². The first-order valence-electron chi connectivity index (χ1n) is 8.12. The molecule has 0 atom stereocenters. The van der Waals surface area contributed by atoms with E-state index in [4.69, 9.17) is 0 Å². The fourth-order valence-corrected chi connectivity index (χ4v) is 3.19. The number of para-hydroxylation sites is 2. The Labute approximate surface area is 146 Å². The molecule has 8 heteroatoms. The second-order valence-electron chi connectivity index (χ2n) is 6.27. The van der Waals surface area contributed by atoms with Crippen molar-refractivity contribution >= 4 is 11.0 Å². The molecule has 0 bridgehead atoms. The molecular weight excluding hydrogens is 349 g/mol. The first-order valence-corrected chi connectivity index (χ1v) is 8.12. The number of benzene rings is 2. The number of phenols is 2. The topological polar surface area (TPSA) is 67.5 Å². The van der Waals surface area contributed by atoms with Crippen molar-refractivity contribution in [3.63, 3.8) is 0 Å². The van der Waals surface area contributed by atoms with Crippen LogP contribution in [0.3, 0.4) is 0 Å². The van der Waals surface area contributed by atoms with Gasteiger partial charge in [-0.25, -0.2) is 4.98 Å². The SMILES string of the molecule is Oc1cc(-c2nc3ccccc3n2C2CCC2)cc(OC(F)(F)F)c1O. The van der Waals surface area contributed by atoms with Crippen molar-refractivity contribution in [3.05, 3.63) is 36.4 Å². The number of fused-ring (bicyclic) bond motifs is 1. The molecule has 0 radical (unpaired) electrons. The molecule has 2 N–H and O–H groups in total. The number of alkyl halides is 3. The first kappa shape index (κ1) is 16.6. The van der Waals surface area contributed by atoms with E-state index in [9.17, 15) is 23.4 Å². The maximum Gasteiger partial charge on any atom is 0.573 e. The monoisotopic (exact) mass is 364 g/mol. The van der Waals surface area contributed by atoms with Crippen molar-refractivity contribution in [1.82, 2.24) is 9.55 Å². The van der Waals surface area contributed by atoms with Gasteiger partial charge in [-0.2, -0.15) is 0 Å². The van der Waals surface area contributed by atoms with E-state index in [2.05, 4.69) is 9.72 Å². The number of nitrogens with zero attached hydrogens (tertiary/aromatic N) is 2. The van der Waals surface area contributed by atoms with Gasteiger partial charge in [0.15, 0.2) is 11.5 Å². The van der Waals surface area contributed by atoms with Gasteiger partial charge in [-0.05, 0) is 43.5 Å². The maximum absolute atomic E-state index is 12.6. The smallest absolute Gasteiger partial charge is 0.504 e. The van der Waals surface area contributed by atoms with Crippen LogP contribution in [0.2, 0.25) is 0 Å². The minimum Gasteiger partial charge on any atom is -0.504 e. The molecule has 1 aliphatic rings. The van der Waals surface area contributed by atoms with Crippen LogP contribution in [0.25, 0.3) is 22.4 Å². The fraction of sp³-hybridized carbons (Fsp3) is 0.278. The van der Waals surface area contributed by atoms with E-state index in [0.29, 0.717) is 11.3 Å². The number of rotatable bonds is 3. The summed E-state index contributed by atoms with van der Waals surface area (Å²) in [6, 6.07) is 9.85. The van der Waals surface area contributed by atoms with E-state index >= 15 is 0 Å². The molecular formula is C18H15F3N2O3. The van der Waals surface area contributed by atoms with Crippen LogP contribution < -0.4 is 4.74 Å². The molecule has 2 aromatic carbocycles. The Kier molecular flexibility index (Phi) is 3.71. The molecule has 1 saturated carbocycles. The number of hydrogen-bond acceptors (Lipinski definition) is 4.